The van der Waals surface area contributed by atoms with Crippen LogP contribution in [0.1, 0.15) is 18.9 Å². The van der Waals surface area contributed by atoms with Crippen molar-refractivity contribution in [2.45, 2.75) is 24.3 Å². The molecule has 0 saturated carbocycles. The minimum atomic E-state index is 0.0140. The summed E-state index contributed by atoms with van der Waals surface area (Å²) in [5.74, 6) is 0. The molecule has 110 valence electrons. The maximum Gasteiger partial charge on any atom is 0.103 e. The molecule has 0 amide bonds. The molecule has 1 aromatic carbocycles. The van der Waals surface area contributed by atoms with Crippen LogP contribution in [0.3, 0.4) is 0 Å². The first kappa shape index (κ1) is 15.7. The molecule has 21 heavy (non-hydrogen) atoms. The number of rotatable bonds is 4. The third-order valence-electron chi connectivity index (χ3n) is 3.97. The Morgan fingerprint density at radius 1 is 1.24 bits per heavy atom. The maximum absolute atomic E-state index is 9.43. The Morgan fingerprint density at radius 3 is 2.48 bits per heavy atom. The lowest BCUT2D eigenvalue weighted by atomic mass is 10.1. The fraction of sp³-hybridized carbons (Fsp3) is 0.500. The van der Waals surface area contributed by atoms with Crippen LogP contribution in [0.15, 0.2) is 23.1 Å². The van der Waals surface area contributed by atoms with Gasteiger partial charge in [-0.2, -0.15) is 10.5 Å². The summed E-state index contributed by atoms with van der Waals surface area (Å²) in [7, 11) is 0. The predicted molar refractivity (Wildman–Crippen MR) is 86.4 cm³/mol. The Morgan fingerprint density at radius 2 is 1.95 bits per heavy atom. The molecule has 1 atom stereocenters. The first-order valence-corrected chi connectivity index (χ1v) is 8.43. The quantitative estimate of drug-likeness (QED) is 0.800. The Hall–Kier alpha value is -1.69. The number of piperazine rings is 1. The summed E-state index contributed by atoms with van der Waals surface area (Å²) in [6, 6.07) is 10.8. The topological polar surface area (TPSA) is 54.1 Å². The van der Waals surface area contributed by atoms with Crippen molar-refractivity contribution in [1.82, 2.24) is 4.90 Å². The van der Waals surface area contributed by atoms with E-state index in [9.17, 15) is 5.26 Å². The van der Waals surface area contributed by atoms with Gasteiger partial charge in [-0.25, -0.2) is 0 Å². The summed E-state index contributed by atoms with van der Waals surface area (Å²) >= 11 is 1.61. The number of nitrogens with zero attached hydrogens (tertiary/aromatic N) is 4. The average Bonchev–Trinajstić information content (AvgIpc) is 2.55. The highest BCUT2D eigenvalue weighted by molar-refractivity contribution is 7.98. The van der Waals surface area contributed by atoms with E-state index in [0.29, 0.717) is 0 Å². The number of thioether (sulfide) groups is 1. The van der Waals surface area contributed by atoms with Crippen molar-refractivity contribution in [2.24, 2.45) is 0 Å². The summed E-state index contributed by atoms with van der Waals surface area (Å²) in [6.07, 6.45) is 2.86. The standard InChI is InChI=1S/C16H20N4S/c1-3-13(11-17)19-7-9-20(10-8-19)15-5-4-6-16(21-2)14(15)12-18/h4-6,13H,3,7-10H2,1-2H3. The highest BCUT2D eigenvalue weighted by Crippen LogP contribution is 2.29. The third-order valence-corrected chi connectivity index (χ3v) is 4.75. The molecule has 1 heterocycles. The monoisotopic (exact) mass is 300 g/mol. The summed E-state index contributed by atoms with van der Waals surface area (Å²) in [5.41, 5.74) is 1.79. The smallest absolute Gasteiger partial charge is 0.103 e. The van der Waals surface area contributed by atoms with Crippen LogP contribution in [0.4, 0.5) is 5.69 Å². The zero-order valence-electron chi connectivity index (χ0n) is 12.5. The van der Waals surface area contributed by atoms with E-state index in [1.54, 1.807) is 11.8 Å². The van der Waals surface area contributed by atoms with Crippen LogP contribution in [0, 0.1) is 22.7 Å². The molecule has 1 aliphatic rings. The largest absolute Gasteiger partial charge is 0.368 e. The van der Waals surface area contributed by atoms with Gasteiger partial charge in [-0.15, -0.1) is 11.8 Å². The molecule has 0 N–H and O–H groups in total. The molecule has 5 heteroatoms. The summed E-state index contributed by atoms with van der Waals surface area (Å²) in [4.78, 5) is 5.53. The number of hydrogen-bond donors (Lipinski definition) is 0. The summed E-state index contributed by atoms with van der Waals surface area (Å²) in [5, 5.41) is 18.6. The van der Waals surface area contributed by atoms with E-state index < -0.39 is 0 Å². The normalized spacial score (nSPS) is 17.0. The highest BCUT2D eigenvalue weighted by atomic mass is 32.2. The van der Waals surface area contributed by atoms with Gasteiger partial charge in [0.1, 0.15) is 6.07 Å². The van der Waals surface area contributed by atoms with Crippen molar-refractivity contribution in [3.8, 4) is 12.1 Å². The van der Waals surface area contributed by atoms with Crippen LogP contribution in [-0.2, 0) is 0 Å². The number of benzene rings is 1. The Bertz CT molecular complexity index is 565. The molecule has 0 aliphatic carbocycles. The van der Waals surface area contributed by atoms with Gasteiger partial charge in [0.25, 0.3) is 0 Å². The molecular formula is C16H20N4S. The van der Waals surface area contributed by atoms with Gasteiger partial charge in [-0.3, -0.25) is 4.90 Å². The van der Waals surface area contributed by atoms with Crippen molar-refractivity contribution in [3.05, 3.63) is 23.8 Å². The lowest BCUT2D eigenvalue weighted by Crippen LogP contribution is -2.50. The highest BCUT2D eigenvalue weighted by Gasteiger charge is 2.24. The molecule has 0 spiro atoms. The molecule has 0 radical (unpaired) electrons. The molecule has 1 unspecified atom stereocenters. The first-order valence-electron chi connectivity index (χ1n) is 7.20. The van der Waals surface area contributed by atoms with E-state index in [0.717, 1.165) is 48.7 Å². The van der Waals surface area contributed by atoms with Gasteiger partial charge in [0.05, 0.1) is 23.4 Å². The van der Waals surface area contributed by atoms with Crippen LogP contribution in [-0.4, -0.2) is 43.4 Å². The van der Waals surface area contributed by atoms with Crippen LogP contribution in [0.25, 0.3) is 0 Å². The fourth-order valence-corrected chi connectivity index (χ4v) is 3.34. The van der Waals surface area contributed by atoms with Crippen LogP contribution in [0.5, 0.6) is 0 Å². The molecule has 1 saturated heterocycles. The van der Waals surface area contributed by atoms with Gasteiger partial charge in [0, 0.05) is 31.1 Å². The second kappa shape index (κ2) is 7.36. The van der Waals surface area contributed by atoms with Gasteiger partial charge in [0.2, 0.25) is 0 Å². The lowest BCUT2D eigenvalue weighted by molar-refractivity contribution is 0.216. The van der Waals surface area contributed by atoms with Gasteiger partial charge in [-0.1, -0.05) is 13.0 Å². The molecule has 0 bridgehead atoms. The van der Waals surface area contributed by atoms with Crippen LogP contribution < -0.4 is 4.90 Å². The molecule has 0 aromatic heterocycles. The second-order valence-corrected chi connectivity index (χ2v) is 5.89. The molecule has 1 fully saturated rings. The second-order valence-electron chi connectivity index (χ2n) is 5.04. The Balaban J connectivity index is 2.13. The van der Waals surface area contributed by atoms with E-state index in [2.05, 4.69) is 28.9 Å². The molecule has 2 rings (SSSR count). The van der Waals surface area contributed by atoms with Crippen molar-refractivity contribution in [3.63, 3.8) is 0 Å². The van der Waals surface area contributed by atoms with Crippen molar-refractivity contribution >= 4 is 17.4 Å². The van der Waals surface area contributed by atoms with Gasteiger partial charge >= 0.3 is 0 Å². The van der Waals surface area contributed by atoms with E-state index in [1.807, 2.05) is 24.5 Å². The Kier molecular flexibility index (Phi) is 5.50. The van der Waals surface area contributed by atoms with Gasteiger partial charge in [0.15, 0.2) is 0 Å². The van der Waals surface area contributed by atoms with Crippen LogP contribution >= 0.6 is 11.8 Å². The zero-order chi connectivity index (χ0) is 15.2. The summed E-state index contributed by atoms with van der Waals surface area (Å²) in [6.45, 7) is 5.53. The van der Waals surface area contributed by atoms with Crippen molar-refractivity contribution in [2.75, 3.05) is 37.3 Å². The zero-order valence-corrected chi connectivity index (χ0v) is 13.4. The maximum atomic E-state index is 9.43. The number of nitriles is 2. The van der Waals surface area contributed by atoms with E-state index in [4.69, 9.17) is 5.26 Å². The molecular weight excluding hydrogens is 280 g/mol. The number of hydrogen-bond acceptors (Lipinski definition) is 5. The average molecular weight is 300 g/mol. The molecule has 4 nitrogen and oxygen atoms in total. The van der Waals surface area contributed by atoms with Crippen molar-refractivity contribution < 1.29 is 0 Å². The lowest BCUT2D eigenvalue weighted by Gasteiger charge is -2.38. The molecule has 1 aliphatic heterocycles. The minimum absolute atomic E-state index is 0.0140. The van der Waals surface area contributed by atoms with Crippen molar-refractivity contribution in [1.29, 1.82) is 10.5 Å². The predicted octanol–water partition coefficient (Wildman–Crippen LogP) is 2.70. The fourth-order valence-electron chi connectivity index (χ4n) is 2.77. The molecule has 1 aromatic rings. The van der Waals surface area contributed by atoms with E-state index in [1.165, 1.54) is 0 Å². The Labute approximate surface area is 131 Å². The minimum Gasteiger partial charge on any atom is -0.368 e. The van der Waals surface area contributed by atoms with Gasteiger partial charge < -0.3 is 4.90 Å². The first-order chi connectivity index (χ1) is 10.2. The summed E-state index contributed by atoms with van der Waals surface area (Å²) < 4.78 is 0. The van der Waals surface area contributed by atoms with Crippen LogP contribution in [0.2, 0.25) is 0 Å². The SMILES string of the molecule is CCC(C#N)N1CCN(c2cccc(SC)c2C#N)CC1. The van der Waals surface area contributed by atoms with E-state index in [-0.39, 0.29) is 6.04 Å². The number of anilines is 1. The van der Waals surface area contributed by atoms with E-state index >= 15 is 0 Å². The third kappa shape index (κ3) is 3.32. The van der Waals surface area contributed by atoms with Gasteiger partial charge in [-0.05, 0) is 24.8 Å².